The smallest absolute Gasteiger partial charge is 0.273 e. The van der Waals surface area contributed by atoms with Crippen molar-refractivity contribution >= 4 is 46.3 Å². The molecule has 4 rings (SSSR count). The number of hydrogen-bond donors (Lipinski definition) is 3. The molecule has 0 spiro atoms. The van der Waals surface area contributed by atoms with Crippen LogP contribution < -0.4 is 31.3 Å². The summed E-state index contributed by atoms with van der Waals surface area (Å²) in [6, 6.07) is 13.4. The number of primary amides is 1. The average molecular weight is 565 g/mol. The molecule has 1 fully saturated rings. The summed E-state index contributed by atoms with van der Waals surface area (Å²) in [4.78, 5) is 43.6. The minimum atomic E-state index is -1.03. The van der Waals surface area contributed by atoms with Gasteiger partial charge in [0.1, 0.15) is 16.7 Å². The van der Waals surface area contributed by atoms with Gasteiger partial charge in [-0.25, -0.2) is 0 Å². The van der Waals surface area contributed by atoms with Crippen LogP contribution in [0.15, 0.2) is 48.5 Å². The van der Waals surface area contributed by atoms with Gasteiger partial charge >= 0.3 is 0 Å². The third kappa shape index (κ3) is 6.36. The van der Waals surface area contributed by atoms with Gasteiger partial charge in [0, 0.05) is 31.5 Å². The van der Waals surface area contributed by atoms with Gasteiger partial charge in [0.2, 0.25) is 5.91 Å². The van der Waals surface area contributed by atoms with Crippen LogP contribution in [0.3, 0.4) is 0 Å². The van der Waals surface area contributed by atoms with Gasteiger partial charge in [0.05, 0.1) is 12.3 Å². The van der Waals surface area contributed by atoms with Gasteiger partial charge in [-0.2, -0.15) is 4.37 Å². The number of nitrogens with one attached hydrogen (secondary N) is 1. The number of carbonyl (C=O) groups is 3. The monoisotopic (exact) mass is 564 g/mol. The van der Waals surface area contributed by atoms with E-state index in [4.69, 9.17) is 16.2 Å². The maximum absolute atomic E-state index is 14.2. The SMILES string of the molecule is CCOc1ccc(N(C(=O)c2snc(C(N)=O)c2N)[C@@H](C(=O)NC2CCCCC2)c2ccc(N(C)C)cc2)cc1. The zero-order valence-corrected chi connectivity index (χ0v) is 23.9. The molecule has 212 valence electrons. The van der Waals surface area contributed by atoms with Crippen molar-refractivity contribution in [3.05, 3.63) is 64.7 Å². The van der Waals surface area contributed by atoms with Crippen LogP contribution in [0.1, 0.15) is 70.8 Å². The third-order valence-electron chi connectivity index (χ3n) is 6.98. The molecule has 10 nitrogen and oxygen atoms in total. The lowest BCUT2D eigenvalue weighted by molar-refractivity contribution is -0.123. The standard InChI is InChI=1S/C29H36N6O4S/c1-4-39-22-16-14-21(15-17-22)35(29(38)26-23(30)24(27(31)36)33-40-26)25(18-10-12-20(13-11-18)34(2)3)28(37)32-19-8-6-5-7-9-19/h10-17,19,25H,4-9,30H2,1-3H3,(H2,31,36)(H,32,37)/t25-/m1/s1. The van der Waals surface area contributed by atoms with Gasteiger partial charge in [0.15, 0.2) is 5.69 Å². The molecule has 1 aromatic heterocycles. The Morgan fingerprint density at radius 1 is 1.02 bits per heavy atom. The fourth-order valence-electron chi connectivity index (χ4n) is 4.89. The summed E-state index contributed by atoms with van der Waals surface area (Å²) in [7, 11) is 3.86. The molecule has 5 N–H and O–H groups in total. The lowest BCUT2D eigenvalue weighted by atomic mass is 9.94. The summed E-state index contributed by atoms with van der Waals surface area (Å²) in [6.07, 6.45) is 5.01. The molecule has 0 unspecified atom stereocenters. The second-order valence-electron chi connectivity index (χ2n) is 9.97. The highest BCUT2D eigenvalue weighted by Gasteiger charge is 2.37. The van der Waals surface area contributed by atoms with Gasteiger partial charge in [-0.05, 0) is 73.3 Å². The number of nitrogens with two attached hydrogens (primary N) is 2. The first-order valence-electron chi connectivity index (χ1n) is 13.4. The molecule has 0 radical (unpaired) electrons. The Bertz CT molecular complexity index is 1330. The number of nitrogen functional groups attached to an aromatic ring is 1. The van der Waals surface area contributed by atoms with Gasteiger partial charge in [-0.15, -0.1) is 0 Å². The van der Waals surface area contributed by atoms with Gasteiger partial charge < -0.3 is 26.4 Å². The van der Waals surface area contributed by atoms with E-state index in [1.165, 1.54) is 4.90 Å². The molecule has 3 amide bonds. The molecule has 1 heterocycles. The zero-order chi connectivity index (χ0) is 28.8. The minimum Gasteiger partial charge on any atom is -0.494 e. The van der Waals surface area contributed by atoms with Crippen molar-refractivity contribution in [3.63, 3.8) is 0 Å². The number of carbonyl (C=O) groups excluding carboxylic acids is 3. The molecule has 1 atom stereocenters. The fourth-order valence-corrected chi connectivity index (χ4v) is 5.63. The highest BCUT2D eigenvalue weighted by molar-refractivity contribution is 7.09. The topological polar surface area (TPSA) is 144 Å². The Labute approximate surface area is 238 Å². The van der Waals surface area contributed by atoms with Crippen molar-refractivity contribution in [2.24, 2.45) is 5.73 Å². The van der Waals surface area contributed by atoms with E-state index < -0.39 is 17.9 Å². The molecule has 1 aliphatic rings. The Hall–Kier alpha value is -4.12. The fraction of sp³-hybridized carbons (Fsp3) is 0.379. The number of ether oxygens (including phenoxy) is 1. The first kappa shape index (κ1) is 28.9. The first-order valence-corrected chi connectivity index (χ1v) is 14.2. The molecular weight excluding hydrogens is 528 g/mol. The van der Waals surface area contributed by atoms with E-state index in [-0.39, 0.29) is 28.2 Å². The van der Waals surface area contributed by atoms with E-state index >= 15 is 0 Å². The number of aromatic nitrogens is 1. The van der Waals surface area contributed by atoms with Crippen LogP contribution in [0.2, 0.25) is 0 Å². The predicted molar refractivity (Wildman–Crippen MR) is 158 cm³/mol. The van der Waals surface area contributed by atoms with E-state index in [1.54, 1.807) is 24.3 Å². The third-order valence-corrected chi connectivity index (χ3v) is 7.83. The lowest BCUT2D eigenvalue weighted by Gasteiger charge is -2.33. The normalized spacial score (nSPS) is 14.3. The number of nitrogens with zero attached hydrogens (tertiary/aromatic N) is 3. The molecule has 1 aliphatic carbocycles. The molecule has 0 saturated heterocycles. The highest BCUT2D eigenvalue weighted by Crippen LogP contribution is 2.35. The summed E-state index contributed by atoms with van der Waals surface area (Å²) >= 11 is 0.783. The van der Waals surface area contributed by atoms with Crippen LogP contribution in [0, 0.1) is 0 Å². The summed E-state index contributed by atoms with van der Waals surface area (Å²) in [6.45, 7) is 2.37. The number of anilines is 3. The second kappa shape index (κ2) is 12.8. The van der Waals surface area contributed by atoms with Crippen molar-refractivity contribution < 1.29 is 19.1 Å². The summed E-state index contributed by atoms with van der Waals surface area (Å²) in [5, 5.41) is 3.20. The first-order chi connectivity index (χ1) is 19.2. The van der Waals surface area contributed by atoms with Crippen LogP contribution in [0.5, 0.6) is 5.75 Å². The average Bonchev–Trinajstić information content (AvgIpc) is 3.34. The molecule has 40 heavy (non-hydrogen) atoms. The van der Waals surface area contributed by atoms with E-state index in [0.717, 1.165) is 49.3 Å². The maximum atomic E-state index is 14.2. The Balaban J connectivity index is 1.84. The van der Waals surface area contributed by atoms with Crippen LogP contribution in [0.25, 0.3) is 0 Å². The van der Waals surface area contributed by atoms with Crippen molar-refractivity contribution in [2.45, 2.75) is 51.1 Å². The van der Waals surface area contributed by atoms with Crippen LogP contribution in [-0.2, 0) is 4.79 Å². The van der Waals surface area contributed by atoms with E-state index in [1.807, 2.05) is 50.2 Å². The number of hydrogen-bond acceptors (Lipinski definition) is 8. The molecule has 3 aromatic rings. The molecule has 0 bridgehead atoms. The van der Waals surface area contributed by atoms with Gasteiger partial charge in [-0.1, -0.05) is 31.4 Å². The van der Waals surface area contributed by atoms with E-state index in [9.17, 15) is 14.4 Å². The van der Waals surface area contributed by atoms with E-state index in [2.05, 4.69) is 9.69 Å². The highest BCUT2D eigenvalue weighted by atomic mass is 32.1. The van der Waals surface area contributed by atoms with Crippen molar-refractivity contribution in [2.75, 3.05) is 36.2 Å². The Kier molecular flexibility index (Phi) is 9.26. The van der Waals surface area contributed by atoms with Crippen molar-refractivity contribution in [3.8, 4) is 5.75 Å². The van der Waals surface area contributed by atoms with Crippen LogP contribution in [-0.4, -0.2) is 48.8 Å². The van der Waals surface area contributed by atoms with E-state index in [0.29, 0.717) is 23.6 Å². The minimum absolute atomic E-state index is 0.0250. The Morgan fingerprint density at radius 3 is 2.20 bits per heavy atom. The lowest BCUT2D eigenvalue weighted by Crippen LogP contribution is -2.47. The summed E-state index contributed by atoms with van der Waals surface area (Å²) < 4.78 is 9.62. The quantitative estimate of drug-likeness (QED) is 0.336. The predicted octanol–water partition coefficient (Wildman–Crippen LogP) is 4.13. The molecular formula is C29H36N6O4S. The molecule has 0 aliphatic heterocycles. The number of amides is 3. The summed E-state index contributed by atoms with van der Waals surface area (Å²) in [5.74, 6) is -1.06. The second-order valence-corrected chi connectivity index (χ2v) is 10.7. The number of benzene rings is 2. The largest absolute Gasteiger partial charge is 0.494 e. The maximum Gasteiger partial charge on any atom is 0.273 e. The van der Waals surface area contributed by atoms with Gasteiger partial charge in [0.25, 0.3) is 11.8 Å². The van der Waals surface area contributed by atoms with Crippen LogP contribution >= 0.6 is 11.5 Å². The molecule has 1 saturated carbocycles. The Morgan fingerprint density at radius 2 is 1.65 bits per heavy atom. The van der Waals surface area contributed by atoms with Crippen molar-refractivity contribution in [1.82, 2.24) is 9.69 Å². The molecule has 2 aromatic carbocycles. The zero-order valence-electron chi connectivity index (χ0n) is 23.1. The van der Waals surface area contributed by atoms with Crippen LogP contribution in [0.4, 0.5) is 17.1 Å². The number of rotatable bonds is 10. The molecule has 11 heteroatoms. The summed E-state index contributed by atoms with van der Waals surface area (Å²) in [5.41, 5.74) is 13.4. The van der Waals surface area contributed by atoms with Crippen molar-refractivity contribution in [1.29, 1.82) is 0 Å². The van der Waals surface area contributed by atoms with Gasteiger partial charge in [-0.3, -0.25) is 19.3 Å².